The Morgan fingerprint density at radius 1 is 1.23 bits per heavy atom. The van der Waals surface area contributed by atoms with Crippen LogP contribution < -0.4 is 5.32 Å². The van der Waals surface area contributed by atoms with E-state index in [4.69, 9.17) is 0 Å². The molecule has 4 nitrogen and oxygen atoms in total. The van der Waals surface area contributed by atoms with E-state index in [0.29, 0.717) is 11.8 Å². The summed E-state index contributed by atoms with van der Waals surface area (Å²) in [6, 6.07) is 4.65. The smallest absolute Gasteiger partial charge is 0.206 e. The minimum atomic E-state index is 0.150. The fraction of sp³-hybridized carbons (Fsp3) is 0.438. The number of rotatable bonds is 6. The van der Waals surface area contributed by atoms with Gasteiger partial charge in [0, 0.05) is 11.6 Å². The summed E-state index contributed by atoms with van der Waals surface area (Å²) in [7, 11) is 0. The topological polar surface area (TPSA) is 54.9 Å². The summed E-state index contributed by atoms with van der Waals surface area (Å²) < 4.78 is 0.845. The van der Waals surface area contributed by atoms with E-state index in [0.717, 1.165) is 26.2 Å². The van der Waals surface area contributed by atoms with Crippen molar-refractivity contribution in [3.8, 4) is 0 Å². The number of aryl methyl sites for hydroxylation is 3. The molecule has 0 spiro atoms. The van der Waals surface area contributed by atoms with Gasteiger partial charge in [0.15, 0.2) is 10.1 Å². The molecule has 0 radical (unpaired) electrons. The fourth-order valence-electron chi connectivity index (χ4n) is 2.19. The predicted octanol–water partition coefficient (Wildman–Crippen LogP) is 4.01. The molecule has 3 rings (SSSR count). The van der Waals surface area contributed by atoms with Gasteiger partial charge in [-0.1, -0.05) is 29.2 Å². The van der Waals surface area contributed by atoms with Gasteiger partial charge in [-0.3, -0.25) is 4.79 Å². The average molecular weight is 333 g/mol. The molecule has 0 atom stereocenters. The Balaban J connectivity index is 1.62. The summed E-state index contributed by atoms with van der Waals surface area (Å²) in [5.41, 5.74) is 4.24. The summed E-state index contributed by atoms with van der Waals surface area (Å²) in [6.07, 6.45) is 2.43. The van der Waals surface area contributed by atoms with Crippen LogP contribution in [-0.2, 0) is 0 Å². The fourth-order valence-corrected chi connectivity index (χ4v) is 3.91. The lowest BCUT2D eigenvalue weighted by molar-refractivity contribution is 0.102. The molecule has 0 saturated heterocycles. The van der Waals surface area contributed by atoms with Crippen molar-refractivity contribution < 1.29 is 4.79 Å². The van der Waals surface area contributed by atoms with Crippen molar-refractivity contribution in [1.82, 2.24) is 10.2 Å². The summed E-state index contributed by atoms with van der Waals surface area (Å²) >= 11 is 2.99. The first-order valence-electron chi connectivity index (χ1n) is 7.37. The average Bonchev–Trinajstić information content (AvgIpc) is 3.17. The van der Waals surface area contributed by atoms with Gasteiger partial charge in [0.2, 0.25) is 5.13 Å². The summed E-state index contributed by atoms with van der Waals surface area (Å²) in [5.74, 6) is 0.555. The van der Waals surface area contributed by atoms with E-state index in [2.05, 4.69) is 28.5 Å². The maximum atomic E-state index is 12.4. The van der Waals surface area contributed by atoms with Gasteiger partial charge in [-0.25, -0.2) is 0 Å². The molecule has 0 unspecified atom stereocenters. The van der Waals surface area contributed by atoms with E-state index in [-0.39, 0.29) is 5.78 Å². The van der Waals surface area contributed by atoms with Crippen LogP contribution in [0.1, 0.15) is 39.9 Å². The molecular formula is C16H19N3OS2. The number of aromatic nitrogens is 2. The van der Waals surface area contributed by atoms with E-state index in [1.807, 2.05) is 19.9 Å². The summed E-state index contributed by atoms with van der Waals surface area (Å²) in [6.45, 7) is 6.10. The third-order valence-electron chi connectivity index (χ3n) is 3.78. The normalized spacial score (nSPS) is 14.1. The quantitative estimate of drug-likeness (QED) is 0.639. The van der Waals surface area contributed by atoms with Gasteiger partial charge in [-0.2, -0.15) is 0 Å². The highest BCUT2D eigenvalue weighted by Gasteiger charge is 2.22. The Bertz CT molecular complexity index is 707. The first kappa shape index (κ1) is 15.5. The number of benzene rings is 1. The number of nitrogens with one attached hydrogen (secondary N) is 1. The molecular weight excluding hydrogens is 314 g/mol. The van der Waals surface area contributed by atoms with Gasteiger partial charge in [-0.15, -0.1) is 10.2 Å². The number of ketones is 1. The van der Waals surface area contributed by atoms with Crippen molar-refractivity contribution in [3.63, 3.8) is 0 Å². The largest absolute Gasteiger partial charge is 0.357 e. The van der Waals surface area contributed by atoms with Crippen molar-refractivity contribution in [1.29, 1.82) is 0 Å². The van der Waals surface area contributed by atoms with E-state index in [9.17, 15) is 4.79 Å². The highest BCUT2D eigenvalue weighted by Crippen LogP contribution is 2.30. The molecule has 1 aromatic heterocycles. The van der Waals surface area contributed by atoms with Gasteiger partial charge in [0.25, 0.3) is 0 Å². The molecule has 1 aliphatic carbocycles. The number of hydrogen-bond donors (Lipinski definition) is 1. The molecule has 1 aromatic carbocycles. The first-order chi connectivity index (χ1) is 10.5. The third-order valence-corrected chi connectivity index (χ3v) is 5.77. The summed E-state index contributed by atoms with van der Waals surface area (Å²) in [5, 5.41) is 12.4. The SMILES string of the molecule is Cc1cc(C)c(C(=O)CSc2nnc(NC3CC3)s2)cc1C. The molecule has 1 fully saturated rings. The molecule has 6 heteroatoms. The molecule has 0 aliphatic heterocycles. The van der Waals surface area contributed by atoms with E-state index < -0.39 is 0 Å². The molecule has 1 aliphatic rings. The van der Waals surface area contributed by atoms with Crippen LogP contribution in [0.2, 0.25) is 0 Å². The molecule has 2 aromatic rings. The molecule has 0 amide bonds. The van der Waals surface area contributed by atoms with Crippen LogP contribution in [0, 0.1) is 20.8 Å². The van der Waals surface area contributed by atoms with Crippen molar-refractivity contribution in [2.75, 3.05) is 11.1 Å². The number of carbonyl (C=O) groups excluding carboxylic acids is 1. The lowest BCUT2D eigenvalue weighted by Gasteiger charge is -2.08. The highest BCUT2D eigenvalue weighted by molar-refractivity contribution is 8.01. The standard InChI is InChI=1S/C16H19N3OS2/c1-9-6-11(3)13(7-10(9)2)14(20)8-21-16-19-18-15(22-16)17-12-4-5-12/h6-7,12H,4-5,8H2,1-3H3,(H,17,18). The molecule has 22 heavy (non-hydrogen) atoms. The molecule has 0 bridgehead atoms. The number of thioether (sulfide) groups is 1. The highest BCUT2D eigenvalue weighted by atomic mass is 32.2. The van der Waals surface area contributed by atoms with Crippen molar-refractivity contribution in [3.05, 3.63) is 34.4 Å². The maximum absolute atomic E-state index is 12.4. The summed E-state index contributed by atoms with van der Waals surface area (Å²) in [4.78, 5) is 12.4. The van der Waals surface area contributed by atoms with Crippen molar-refractivity contribution in [2.24, 2.45) is 0 Å². The number of Topliss-reactive ketones (excluding diaryl/α,β-unsaturated/α-hetero) is 1. The molecule has 1 N–H and O–H groups in total. The van der Waals surface area contributed by atoms with Crippen molar-refractivity contribution >= 4 is 34.0 Å². The van der Waals surface area contributed by atoms with Crippen LogP contribution >= 0.6 is 23.1 Å². The molecule has 1 saturated carbocycles. The maximum Gasteiger partial charge on any atom is 0.206 e. The Labute approximate surface area is 138 Å². The van der Waals surface area contributed by atoms with Crippen LogP contribution in [0.3, 0.4) is 0 Å². The zero-order valence-corrected chi connectivity index (χ0v) is 14.6. The number of hydrogen-bond acceptors (Lipinski definition) is 6. The van der Waals surface area contributed by atoms with E-state index in [1.54, 1.807) is 0 Å². The van der Waals surface area contributed by atoms with Crippen LogP contribution in [-0.4, -0.2) is 27.8 Å². The van der Waals surface area contributed by atoms with Crippen LogP contribution in [0.4, 0.5) is 5.13 Å². The lowest BCUT2D eigenvalue weighted by Crippen LogP contribution is -2.06. The third kappa shape index (κ3) is 3.67. The zero-order valence-electron chi connectivity index (χ0n) is 13.0. The molecule has 1 heterocycles. The Hall–Kier alpha value is -1.40. The van der Waals surface area contributed by atoms with Gasteiger partial charge < -0.3 is 5.32 Å². The van der Waals surface area contributed by atoms with Gasteiger partial charge >= 0.3 is 0 Å². The van der Waals surface area contributed by atoms with E-state index >= 15 is 0 Å². The van der Waals surface area contributed by atoms with E-state index in [1.165, 1.54) is 41.5 Å². The lowest BCUT2D eigenvalue weighted by atomic mass is 9.99. The second kappa shape index (κ2) is 6.38. The second-order valence-corrected chi connectivity index (χ2v) is 7.95. The molecule has 116 valence electrons. The van der Waals surface area contributed by atoms with Gasteiger partial charge in [-0.05, 0) is 56.4 Å². The Kier molecular flexibility index (Phi) is 4.49. The number of nitrogens with zero attached hydrogens (tertiary/aromatic N) is 2. The van der Waals surface area contributed by atoms with Crippen LogP contribution in [0.25, 0.3) is 0 Å². The minimum Gasteiger partial charge on any atom is -0.357 e. The zero-order chi connectivity index (χ0) is 15.7. The Morgan fingerprint density at radius 2 is 1.95 bits per heavy atom. The number of carbonyl (C=O) groups is 1. The van der Waals surface area contributed by atoms with Crippen LogP contribution in [0.15, 0.2) is 16.5 Å². The van der Waals surface area contributed by atoms with Gasteiger partial charge in [0.05, 0.1) is 5.75 Å². The second-order valence-electron chi connectivity index (χ2n) is 5.75. The van der Waals surface area contributed by atoms with Crippen LogP contribution in [0.5, 0.6) is 0 Å². The number of anilines is 1. The van der Waals surface area contributed by atoms with Gasteiger partial charge in [0.1, 0.15) is 0 Å². The Morgan fingerprint density at radius 3 is 2.68 bits per heavy atom. The minimum absolute atomic E-state index is 0.150. The van der Waals surface area contributed by atoms with Crippen molar-refractivity contribution in [2.45, 2.75) is 44.0 Å². The predicted molar refractivity (Wildman–Crippen MR) is 92.3 cm³/mol. The monoisotopic (exact) mass is 333 g/mol. The first-order valence-corrected chi connectivity index (χ1v) is 9.17.